The number of para-hydroxylation sites is 1. The molecule has 180 valence electrons. The third-order valence-corrected chi connectivity index (χ3v) is 5.87. The lowest BCUT2D eigenvalue weighted by atomic mass is 10.1. The molecule has 1 N–H and O–H groups in total. The van der Waals surface area contributed by atoms with Crippen molar-refractivity contribution >= 4 is 28.3 Å². The molecule has 4 rings (SSSR count). The summed E-state index contributed by atoms with van der Waals surface area (Å²) < 4.78 is 4.47. The van der Waals surface area contributed by atoms with E-state index in [0.29, 0.717) is 23.4 Å². The summed E-state index contributed by atoms with van der Waals surface area (Å²) in [7, 11) is 3.28. The molecule has 4 aromatic rings. The SMILES string of the molecule is C/C=C\C(=NC)c1ccc(Cn2nc3c(c2Nc2ccccc2)c(=O)n(C)c(=O)n3C(C)C)cc1. The van der Waals surface area contributed by atoms with Gasteiger partial charge in [-0.2, -0.15) is 5.10 Å². The second-order valence-electron chi connectivity index (χ2n) is 8.61. The molecule has 0 unspecified atom stereocenters. The molecule has 8 heteroatoms. The summed E-state index contributed by atoms with van der Waals surface area (Å²) in [6.07, 6.45) is 3.93. The van der Waals surface area contributed by atoms with Gasteiger partial charge < -0.3 is 5.32 Å². The highest BCUT2D eigenvalue weighted by molar-refractivity contribution is 6.08. The van der Waals surface area contributed by atoms with Gasteiger partial charge in [-0.25, -0.2) is 9.48 Å². The van der Waals surface area contributed by atoms with Crippen LogP contribution >= 0.6 is 0 Å². The number of benzene rings is 2. The van der Waals surface area contributed by atoms with Crippen LogP contribution in [0.25, 0.3) is 11.0 Å². The Morgan fingerprint density at radius 2 is 1.77 bits per heavy atom. The van der Waals surface area contributed by atoms with Crippen LogP contribution in [-0.4, -0.2) is 31.7 Å². The lowest BCUT2D eigenvalue weighted by Gasteiger charge is -2.12. The first-order valence-electron chi connectivity index (χ1n) is 11.6. The van der Waals surface area contributed by atoms with E-state index in [0.717, 1.165) is 27.1 Å². The van der Waals surface area contributed by atoms with E-state index in [-0.39, 0.29) is 17.3 Å². The average molecular weight is 471 g/mol. The maximum Gasteiger partial charge on any atom is 0.332 e. The van der Waals surface area contributed by atoms with E-state index < -0.39 is 0 Å². The fourth-order valence-corrected chi connectivity index (χ4v) is 4.10. The molecule has 0 fully saturated rings. The highest BCUT2D eigenvalue weighted by Gasteiger charge is 2.22. The van der Waals surface area contributed by atoms with Gasteiger partial charge in [0, 0.05) is 25.8 Å². The highest BCUT2D eigenvalue weighted by atomic mass is 16.2. The fraction of sp³-hybridized carbons (Fsp3) is 0.259. The van der Waals surface area contributed by atoms with E-state index in [2.05, 4.69) is 10.3 Å². The van der Waals surface area contributed by atoms with Crippen molar-refractivity contribution in [1.82, 2.24) is 18.9 Å². The lowest BCUT2D eigenvalue weighted by molar-refractivity contribution is 0.547. The highest BCUT2D eigenvalue weighted by Crippen LogP contribution is 2.26. The van der Waals surface area contributed by atoms with Crippen LogP contribution in [0.3, 0.4) is 0 Å². The van der Waals surface area contributed by atoms with Crippen molar-refractivity contribution in [2.45, 2.75) is 33.4 Å². The number of anilines is 2. The van der Waals surface area contributed by atoms with E-state index in [1.54, 1.807) is 16.3 Å². The molecule has 0 saturated carbocycles. The van der Waals surface area contributed by atoms with Gasteiger partial charge >= 0.3 is 5.69 Å². The Morgan fingerprint density at radius 3 is 2.37 bits per heavy atom. The summed E-state index contributed by atoms with van der Waals surface area (Å²) in [6.45, 7) is 6.20. The molecule has 0 aliphatic heterocycles. The van der Waals surface area contributed by atoms with Gasteiger partial charge in [-0.3, -0.25) is 18.9 Å². The van der Waals surface area contributed by atoms with Crippen molar-refractivity contribution in [3.8, 4) is 0 Å². The van der Waals surface area contributed by atoms with Gasteiger partial charge in [-0.05, 0) is 50.1 Å². The largest absolute Gasteiger partial charge is 0.340 e. The molecule has 0 aliphatic rings. The molecular weight excluding hydrogens is 440 g/mol. The molecule has 0 saturated heterocycles. The summed E-state index contributed by atoms with van der Waals surface area (Å²) in [5, 5.41) is 8.51. The van der Waals surface area contributed by atoms with E-state index in [1.165, 1.54) is 7.05 Å². The molecule has 0 amide bonds. The van der Waals surface area contributed by atoms with Gasteiger partial charge in [-0.1, -0.05) is 48.5 Å². The standard InChI is InChI=1S/C27H30N6O2/c1-6-10-22(28-4)20-15-13-19(14-16-20)17-32-24(29-21-11-8-7-9-12-21)23-25(30-32)33(18(2)3)27(35)31(5)26(23)34/h6-16,18,29H,17H2,1-5H3/b10-6-,28-22?. The zero-order valence-corrected chi connectivity index (χ0v) is 20.7. The third-order valence-electron chi connectivity index (χ3n) is 5.87. The molecule has 0 atom stereocenters. The van der Waals surface area contributed by atoms with Crippen molar-refractivity contribution in [3.05, 3.63) is 98.7 Å². The minimum atomic E-state index is -0.381. The van der Waals surface area contributed by atoms with Gasteiger partial charge in [0.25, 0.3) is 5.56 Å². The van der Waals surface area contributed by atoms with Crippen LogP contribution in [0.15, 0.2) is 81.3 Å². The number of nitrogens with one attached hydrogen (secondary N) is 1. The van der Waals surface area contributed by atoms with E-state index >= 15 is 0 Å². The van der Waals surface area contributed by atoms with E-state index in [9.17, 15) is 9.59 Å². The van der Waals surface area contributed by atoms with Gasteiger partial charge in [0.1, 0.15) is 11.2 Å². The molecule has 0 bridgehead atoms. The fourth-order valence-electron chi connectivity index (χ4n) is 4.10. The van der Waals surface area contributed by atoms with Crippen molar-refractivity contribution in [2.75, 3.05) is 12.4 Å². The second kappa shape index (κ2) is 9.97. The normalized spacial score (nSPS) is 12.2. The Morgan fingerprint density at radius 1 is 1.09 bits per heavy atom. The first-order valence-corrected chi connectivity index (χ1v) is 11.6. The number of allylic oxidation sites excluding steroid dienone is 2. The molecule has 0 radical (unpaired) electrons. The monoisotopic (exact) mass is 470 g/mol. The molecule has 2 aromatic heterocycles. The Kier molecular flexibility index (Phi) is 6.82. The Labute approximate surface area is 203 Å². The number of rotatable bonds is 7. The van der Waals surface area contributed by atoms with Crippen LogP contribution < -0.4 is 16.6 Å². The Hall–Kier alpha value is -4.20. The predicted octanol–water partition coefficient (Wildman–Crippen LogP) is 4.26. The van der Waals surface area contributed by atoms with Crippen LogP contribution in [-0.2, 0) is 13.6 Å². The summed E-state index contributed by atoms with van der Waals surface area (Å²) >= 11 is 0. The molecule has 35 heavy (non-hydrogen) atoms. The first-order chi connectivity index (χ1) is 16.8. The number of aliphatic imine (C=N–C) groups is 1. The summed E-state index contributed by atoms with van der Waals surface area (Å²) in [6, 6.07) is 17.5. The van der Waals surface area contributed by atoms with Gasteiger partial charge in [-0.15, -0.1) is 0 Å². The molecule has 2 aromatic carbocycles. The predicted molar refractivity (Wildman–Crippen MR) is 142 cm³/mol. The molecule has 8 nitrogen and oxygen atoms in total. The van der Waals surface area contributed by atoms with Crippen LogP contribution in [0.1, 0.15) is 37.9 Å². The first kappa shape index (κ1) is 23.9. The molecule has 2 heterocycles. The molecule has 0 spiro atoms. The number of aromatic nitrogens is 4. The Bertz CT molecular complexity index is 1520. The van der Waals surface area contributed by atoms with Crippen LogP contribution in [0.5, 0.6) is 0 Å². The quantitative estimate of drug-likeness (QED) is 0.409. The summed E-state index contributed by atoms with van der Waals surface area (Å²) in [4.78, 5) is 30.5. The summed E-state index contributed by atoms with van der Waals surface area (Å²) in [5.74, 6) is 0.551. The lowest BCUT2D eigenvalue weighted by Crippen LogP contribution is -2.38. The number of hydrogen-bond acceptors (Lipinski definition) is 5. The van der Waals surface area contributed by atoms with Crippen molar-refractivity contribution < 1.29 is 0 Å². The van der Waals surface area contributed by atoms with Crippen LogP contribution in [0.4, 0.5) is 11.5 Å². The van der Waals surface area contributed by atoms with Crippen molar-refractivity contribution in [1.29, 1.82) is 0 Å². The number of fused-ring (bicyclic) bond motifs is 1. The second-order valence-corrected chi connectivity index (χ2v) is 8.61. The maximum absolute atomic E-state index is 13.3. The van der Waals surface area contributed by atoms with Crippen molar-refractivity contribution in [2.24, 2.45) is 12.0 Å². The Balaban J connectivity index is 1.87. The van der Waals surface area contributed by atoms with E-state index in [1.807, 2.05) is 87.5 Å². The molecule has 0 aliphatic carbocycles. The summed E-state index contributed by atoms with van der Waals surface area (Å²) in [5.41, 5.74) is 3.36. The molecular formula is C27H30N6O2. The van der Waals surface area contributed by atoms with Crippen LogP contribution in [0.2, 0.25) is 0 Å². The van der Waals surface area contributed by atoms with Gasteiger partial charge in [0.2, 0.25) is 0 Å². The number of hydrogen-bond donors (Lipinski definition) is 1. The third kappa shape index (κ3) is 4.59. The minimum Gasteiger partial charge on any atom is -0.340 e. The smallest absolute Gasteiger partial charge is 0.332 e. The zero-order valence-electron chi connectivity index (χ0n) is 20.7. The van der Waals surface area contributed by atoms with E-state index in [4.69, 9.17) is 5.10 Å². The zero-order chi connectivity index (χ0) is 25.1. The number of nitrogens with zero attached hydrogens (tertiary/aromatic N) is 5. The average Bonchev–Trinajstić information content (AvgIpc) is 3.19. The van der Waals surface area contributed by atoms with Crippen molar-refractivity contribution in [3.63, 3.8) is 0 Å². The van der Waals surface area contributed by atoms with Gasteiger partial charge in [0.05, 0.1) is 12.3 Å². The van der Waals surface area contributed by atoms with Gasteiger partial charge in [0.15, 0.2) is 5.65 Å². The van der Waals surface area contributed by atoms with Crippen LogP contribution in [0, 0.1) is 0 Å². The minimum absolute atomic E-state index is 0.164. The topological polar surface area (TPSA) is 86.2 Å². The maximum atomic E-state index is 13.3.